The lowest BCUT2D eigenvalue weighted by molar-refractivity contribution is -0.121. The van der Waals surface area contributed by atoms with Crippen LogP contribution in [0.15, 0.2) is 36.0 Å². The molecule has 0 atom stereocenters. The topological polar surface area (TPSA) is 59.3 Å². The number of nitrogens with one attached hydrogen (secondary N) is 1. The van der Waals surface area contributed by atoms with Crippen LogP contribution in [0.1, 0.15) is 74.0 Å². The van der Waals surface area contributed by atoms with Crippen molar-refractivity contribution in [2.24, 2.45) is 5.10 Å². The molecule has 6 heteroatoms. The van der Waals surface area contributed by atoms with Gasteiger partial charge in [-0.05, 0) is 31.4 Å². The van der Waals surface area contributed by atoms with Gasteiger partial charge in [0, 0.05) is 36.7 Å². The molecule has 3 rings (SSSR count). The van der Waals surface area contributed by atoms with Crippen LogP contribution in [0, 0.1) is 0 Å². The molecule has 1 aliphatic rings. The number of hydrogen-bond donors (Lipinski definition) is 1. The highest BCUT2D eigenvalue weighted by Gasteiger charge is 2.14. The van der Waals surface area contributed by atoms with Gasteiger partial charge in [-0.15, -0.1) is 11.3 Å². The van der Waals surface area contributed by atoms with Crippen LogP contribution < -0.4 is 5.43 Å². The first-order valence-corrected chi connectivity index (χ1v) is 11.0. The zero-order chi connectivity index (χ0) is 18.7. The molecule has 0 unspecified atom stereocenters. The molecule has 1 amide bonds. The number of nitrogens with zero attached hydrogens (tertiary/aromatic N) is 3. The third kappa shape index (κ3) is 6.94. The molecule has 0 saturated heterocycles. The van der Waals surface area contributed by atoms with Gasteiger partial charge in [-0.25, -0.2) is 10.4 Å². The summed E-state index contributed by atoms with van der Waals surface area (Å²) in [5.41, 5.74) is 3.61. The maximum atomic E-state index is 11.2. The lowest BCUT2D eigenvalue weighted by Gasteiger charge is -2.09. The minimum Gasteiger partial charge on any atom is -0.337 e. The largest absolute Gasteiger partial charge is 0.337 e. The van der Waals surface area contributed by atoms with Crippen LogP contribution in [0.4, 0.5) is 0 Å². The summed E-state index contributed by atoms with van der Waals surface area (Å²) in [7, 11) is 0. The number of carbonyl (C=O) groups is 1. The first kappa shape index (κ1) is 19.8. The van der Waals surface area contributed by atoms with Crippen molar-refractivity contribution in [1.82, 2.24) is 15.0 Å². The number of hydrazone groups is 1. The molecule has 146 valence electrons. The quantitative estimate of drug-likeness (QED) is 0.526. The highest BCUT2D eigenvalue weighted by molar-refractivity contribution is 7.14. The minimum atomic E-state index is 0.0220. The van der Waals surface area contributed by atoms with Crippen LogP contribution in [-0.4, -0.2) is 21.2 Å². The molecule has 5 nitrogen and oxygen atoms in total. The summed E-state index contributed by atoms with van der Waals surface area (Å²) in [6.07, 6.45) is 18.8. The Bertz CT molecular complexity index is 720. The van der Waals surface area contributed by atoms with Gasteiger partial charge in [-0.2, -0.15) is 5.10 Å². The van der Waals surface area contributed by atoms with Crippen molar-refractivity contribution in [3.8, 4) is 0 Å². The smallest absolute Gasteiger partial charge is 0.240 e. The fraction of sp³-hybridized carbons (Fsp3) is 0.571. The summed E-state index contributed by atoms with van der Waals surface area (Å²) in [6, 6.07) is 4.37. The Hall–Kier alpha value is -1.95. The van der Waals surface area contributed by atoms with E-state index in [0.717, 1.165) is 25.1 Å². The zero-order valence-electron chi connectivity index (χ0n) is 16.0. The normalized spacial score (nSPS) is 14.2. The number of carbonyl (C=O) groups excluding carboxylic acids is 1. The van der Waals surface area contributed by atoms with E-state index >= 15 is 0 Å². The molecule has 0 spiro atoms. The molecule has 27 heavy (non-hydrogen) atoms. The van der Waals surface area contributed by atoms with E-state index in [4.69, 9.17) is 0 Å². The summed E-state index contributed by atoms with van der Waals surface area (Å²) in [5, 5.41) is 4.18. The van der Waals surface area contributed by atoms with Crippen molar-refractivity contribution < 1.29 is 4.79 Å². The number of imidazole rings is 1. The lowest BCUT2D eigenvalue weighted by atomic mass is 10.1. The minimum absolute atomic E-state index is 0.0220. The second kappa shape index (κ2) is 11.0. The Morgan fingerprint density at radius 1 is 1.00 bits per heavy atom. The number of aryl methyl sites for hydroxylation is 2. The third-order valence-corrected chi connectivity index (χ3v) is 6.19. The summed E-state index contributed by atoms with van der Waals surface area (Å²) in [4.78, 5) is 17.9. The van der Waals surface area contributed by atoms with E-state index in [2.05, 4.69) is 32.2 Å². The predicted octanol–water partition coefficient (Wildman–Crippen LogP) is 4.92. The first-order valence-electron chi connectivity index (χ1n) is 10.2. The number of aromatic nitrogens is 2. The van der Waals surface area contributed by atoms with E-state index in [1.165, 1.54) is 61.1 Å². The maximum absolute atomic E-state index is 11.2. The van der Waals surface area contributed by atoms with Gasteiger partial charge in [0.1, 0.15) is 0 Å². The van der Waals surface area contributed by atoms with E-state index < -0.39 is 0 Å². The molecule has 3 heterocycles. The summed E-state index contributed by atoms with van der Waals surface area (Å²) in [6.45, 7) is 1.10. The van der Waals surface area contributed by atoms with E-state index in [9.17, 15) is 4.79 Å². The second-order valence-electron chi connectivity index (χ2n) is 7.24. The lowest BCUT2D eigenvalue weighted by Crippen LogP contribution is -2.25. The van der Waals surface area contributed by atoms with Crippen molar-refractivity contribution in [1.29, 1.82) is 0 Å². The Morgan fingerprint density at radius 3 is 2.48 bits per heavy atom. The Labute approximate surface area is 165 Å². The number of hydrogen-bond acceptors (Lipinski definition) is 4. The number of rotatable bonds is 12. The molecular weight excluding hydrogens is 356 g/mol. The molecule has 0 fully saturated rings. The Morgan fingerprint density at radius 2 is 1.78 bits per heavy atom. The predicted molar refractivity (Wildman–Crippen MR) is 111 cm³/mol. The van der Waals surface area contributed by atoms with Gasteiger partial charge in [0.25, 0.3) is 0 Å². The number of amides is 1. The average Bonchev–Trinajstić information content (AvgIpc) is 3.36. The van der Waals surface area contributed by atoms with Crippen LogP contribution >= 0.6 is 11.3 Å². The van der Waals surface area contributed by atoms with Crippen LogP contribution in [0.3, 0.4) is 0 Å². The van der Waals surface area contributed by atoms with Crippen molar-refractivity contribution in [2.75, 3.05) is 0 Å². The Balaban J connectivity index is 1.19. The monoisotopic (exact) mass is 386 g/mol. The summed E-state index contributed by atoms with van der Waals surface area (Å²) in [5.74, 6) is 0.0220. The third-order valence-electron chi connectivity index (χ3n) is 5.00. The highest BCUT2D eigenvalue weighted by Crippen LogP contribution is 2.22. The van der Waals surface area contributed by atoms with Gasteiger partial charge >= 0.3 is 0 Å². The SMILES string of the molecule is O=C1CCC(c2ccc(CCCCCCCCCCn3ccnc3)s2)=NN1. The van der Waals surface area contributed by atoms with Crippen LogP contribution in [0.5, 0.6) is 0 Å². The zero-order valence-corrected chi connectivity index (χ0v) is 16.8. The molecule has 0 bridgehead atoms. The molecular formula is C21H30N4OS. The van der Waals surface area contributed by atoms with E-state index in [-0.39, 0.29) is 5.91 Å². The van der Waals surface area contributed by atoms with Gasteiger partial charge in [0.2, 0.25) is 5.91 Å². The van der Waals surface area contributed by atoms with Gasteiger partial charge in [0.15, 0.2) is 0 Å². The van der Waals surface area contributed by atoms with Crippen molar-refractivity contribution >= 4 is 23.0 Å². The number of unbranched alkanes of at least 4 members (excludes halogenated alkanes) is 7. The van der Waals surface area contributed by atoms with E-state index in [1.807, 2.05) is 30.1 Å². The number of thiophene rings is 1. The van der Waals surface area contributed by atoms with Crippen LogP contribution in [0.25, 0.3) is 0 Å². The van der Waals surface area contributed by atoms with Gasteiger partial charge in [-0.1, -0.05) is 38.5 Å². The van der Waals surface area contributed by atoms with Crippen LogP contribution in [0.2, 0.25) is 0 Å². The molecule has 1 aliphatic heterocycles. The average molecular weight is 387 g/mol. The van der Waals surface area contributed by atoms with E-state index in [1.54, 1.807) is 0 Å². The highest BCUT2D eigenvalue weighted by atomic mass is 32.1. The van der Waals surface area contributed by atoms with Crippen molar-refractivity contribution in [3.05, 3.63) is 40.6 Å². The van der Waals surface area contributed by atoms with Gasteiger partial charge in [0.05, 0.1) is 16.9 Å². The first-order chi connectivity index (χ1) is 13.3. The fourth-order valence-electron chi connectivity index (χ4n) is 3.39. The second-order valence-corrected chi connectivity index (χ2v) is 8.41. The van der Waals surface area contributed by atoms with E-state index in [0.29, 0.717) is 6.42 Å². The molecule has 0 radical (unpaired) electrons. The standard InChI is InChI=1S/C21H30N4OS/c26-21-13-11-19(23-24-21)20-12-10-18(27-20)9-7-5-3-1-2-4-6-8-15-25-16-14-22-17-25/h10,12,14,16-17H,1-9,11,13,15H2,(H,24,26). The molecule has 2 aromatic heterocycles. The molecule has 2 aromatic rings. The van der Waals surface area contributed by atoms with Crippen molar-refractivity contribution in [2.45, 2.75) is 77.2 Å². The molecule has 0 aliphatic carbocycles. The van der Waals surface area contributed by atoms with Gasteiger partial charge in [-0.3, -0.25) is 4.79 Å². The summed E-state index contributed by atoms with van der Waals surface area (Å²) < 4.78 is 2.16. The van der Waals surface area contributed by atoms with Crippen LogP contribution in [-0.2, 0) is 17.8 Å². The maximum Gasteiger partial charge on any atom is 0.240 e. The van der Waals surface area contributed by atoms with Crippen molar-refractivity contribution in [3.63, 3.8) is 0 Å². The van der Waals surface area contributed by atoms with Gasteiger partial charge < -0.3 is 4.57 Å². The molecule has 1 N–H and O–H groups in total. The summed E-state index contributed by atoms with van der Waals surface area (Å²) >= 11 is 1.83. The fourth-order valence-corrected chi connectivity index (χ4v) is 4.46. The molecule has 0 saturated carbocycles. The Kier molecular flexibility index (Phi) is 8.08. The molecule has 0 aromatic carbocycles.